The lowest BCUT2D eigenvalue weighted by atomic mass is 9.96. The largest absolute Gasteiger partial charge is 0.494 e. The first kappa shape index (κ1) is 20.4. The third-order valence-electron chi connectivity index (χ3n) is 5.48. The molecule has 7 nitrogen and oxygen atoms in total. The van der Waals surface area contributed by atoms with Gasteiger partial charge in [0.25, 0.3) is 5.91 Å². The van der Waals surface area contributed by atoms with Gasteiger partial charge in [0, 0.05) is 24.1 Å². The normalized spacial score (nSPS) is 14.6. The molecule has 0 spiro atoms. The Hall–Kier alpha value is -2.87. The molecule has 0 aliphatic heterocycles. The van der Waals surface area contributed by atoms with E-state index >= 15 is 0 Å². The number of aryl methyl sites for hydroxylation is 1. The number of nitrogens with zero attached hydrogens (tertiary/aromatic N) is 2. The maximum Gasteiger partial charge on any atom is 0.265 e. The van der Waals surface area contributed by atoms with Crippen molar-refractivity contribution in [3.05, 3.63) is 34.8 Å². The van der Waals surface area contributed by atoms with Crippen LogP contribution in [-0.2, 0) is 4.79 Å². The molecule has 1 aliphatic carbocycles. The molecule has 2 aromatic heterocycles. The summed E-state index contributed by atoms with van der Waals surface area (Å²) in [4.78, 5) is 25.9. The van der Waals surface area contributed by atoms with Crippen molar-refractivity contribution in [2.45, 2.75) is 52.0 Å². The van der Waals surface area contributed by atoms with Gasteiger partial charge in [-0.3, -0.25) is 14.3 Å². The highest BCUT2D eigenvalue weighted by molar-refractivity contribution is 7.20. The van der Waals surface area contributed by atoms with E-state index in [9.17, 15) is 9.59 Å². The average molecular weight is 427 g/mol. The van der Waals surface area contributed by atoms with Gasteiger partial charge in [-0.1, -0.05) is 19.3 Å². The highest BCUT2D eigenvalue weighted by atomic mass is 32.1. The molecule has 1 fully saturated rings. The predicted octanol–water partition coefficient (Wildman–Crippen LogP) is 5.13. The number of carbonyl (C=O) groups is 2. The number of hydrogen-bond acceptors (Lipinski definition) is 5. The van der Waals surface area contributed by atoms with Crippen LogP contribution in [-0.4, -0.2) is 28.7 Å². The smallest absolute Gasteiger partial charge is 0.265 e. The Balaban J connectivity index is 1.58. The first-order valence-corrected chi connectivity index (χ1v) is 11.0. The molecular weight excluding hydrogens is 400 g/mol. The Morgan fingerprint density at radius 1 is 1.17 bits per heavy atom. The minimum Gasteiger partial charge on any atom is -0.494 e. The molecule has 158 valence electrons. The first-order valence-electron chi connectivity index (χ1n) is 10.2. The molecule has 0 bridgehead atoms. The molecule has 1 saturated carbocycles. The first-order chi connectivity index (χ1) is 14.5. The molecule has 2 heterocycles. The van der Waals surface area contributed by atoms with Crippen LogP contribution in [0.5, 0.6) is 5.75 Å². The number of ether oxygens (including phenoxy) is 1. The number of nitrogens with one attached hydrogen (secondary N) is 2. The Kier molecular flexibility index (Phi) is 5.76. The number of aromatic nitrogens is 2. The average Bonchev–Trinajstić information content (AvgIpc) is 3.30. The minimum atomic E-state index is -0.184. The van der Waals surface area contributed by atoms with E-state index in [2.05, 4.69) is 15.3 Å². The summed E-state index contributed by atoms with van der Waals surface area (Å²) in [5, 5.41) is 11.4. The lowest BCUT2D eigenvalue weighted by Gasteiger charge is -2.22. The Morgan fingerprint density at radius 3 is 2.63 bits per heavy atom. The highest BCUT2D eigenvalue weighted by Gasteiger charge is 2.23. The van der Waals surface area contributed by atoms with Crippen molar-refractivity contribution in [2.24, 2.45) is 0 Å². The van der Waals surface area contributed by atoms with E-state index in [-0.39, 0.29) is 11.8 Å². The van der Waals surface area contributed by atoms with Crippen molar-refractivity contribution >= 4 is 44.7 Å². The van der Waals surface area contributed by atoms with Crippen molar-refractivity contribution in [3.8, 4) is 5.75 Å². The van der Waals surface area contributed by atoms with E-state index in [0.29, 0.717) is 28.0 Å². The molecule has 0 saturated heterocycles. The van der Waals surface area contributed by atoms with E-state index in [4.69, 9.17) is 9.84 Å². The van der Waals surface area contributed by atoms with Crippen molar-refractivity contribution in [3.63, 3.8) is 0 Å². The van der Waals surface area contributed by atoms with E-state index in [1.165, 1.54) is 44.6 Å². The summed E-state index contributed by atoms with van der Waals surface area (Å²) in [5.41, 5.74) is 2.13. The molecule has 0 atom stereocenters. The zero-order valence-electron chi connectivity index (χ0n) is 17.4. The van der Waals surface area contributed by atoms with Gasteiger partial charge in [-0.15, -0.1) is 11.3 Å². The molecule has 8 heteroatoms. The number of methoxy groups -OCH3 is 1. The molecule has 0 radical (unpaired) electrons. The van der Waals surface area contributed by atoms with Gasteiger partial charge in [0.05, 0.1) is 29.4 Å². The molecule has 2 amide bonds. The Labute approximate surface area is 179 Å². The van der Waals surface area contributed by atoms with Crippen LogP contribution >= 0.6 is 11.3 Å². The van der Waals surface area contributed by atoms with Gasteiger partial charge in [0.1, 0.15) is 10.6 Å². The number of benzene rings is 1. The maximum atomic E-state index is 13.0. The van der Waals surface area contributed by atoms with Crippen LogP contribution < -0.4 is 15.4 Å². The lowest BCUT2D eigenvalue weighted by molar-refractivity contribution is -0.114. The quantitative estimate of drug-likeness (QED) is 0.592. The molecule has 4 rings (SSSR count). The molecule has 30 heavy (non-hydrogen) atoms. The van der Waals surface area contributed by atoms with Crippen molar-refractivity contribution in [1.29, 1.82) is 0 Å². The van der Waals surface area contributed by atoms with Gasteiger partial charge in [-0.2, -0.15) is 5.10 Å². The standard InChI is InChI=1S/C22H26N4O3S/c1-13-17-12-20(30-22(17)26(25-13)16-7-5-4-6-8-16)21(28)24-18-10-9-15(23-14(2)27)11-19(18)29-3/h9-12,16H,4-8H2,1-3H3,(H,23,27)(H,24,28). The van der Waals surface area contributed by atoms with Crippen LogP contribution in [0.2, 0.25) is 0 Å². The van der Waals surface area contributed by atoms with Crippen LogP contribution in [0.3, 0.4) is 0 Å². The maximum absolute atomic E-state index is 13.0. The van der Waals surface area contributed by atoms with E-state index in [1.807, 2.05) is 13.0 Å². The summed E-state index contributed by atoms with van der Waals surface area (Å²) in [6.07, 6.45) is 6.05. The van der Waals surface area contributed by atoms with Gasteiger partial charge in [-0.05, 0) is 38.0 Å². The van der Waals surface area contributed by atoms with Gasteiger partial charge < -0.3 is 15.4 Å². The summed E-state index contributed by atoms with van der Waals surface area (Å²) >= 11 is 1.48. The zero-order valence-corrected chi connectivity index (χ0v) is 18.3. The second-order valence-electron chi connectivity index (χ2n) is 7.70. The number of fused-ring (bicyclic) bond motifs is 1. The minimum absolute atomic E-state index is 0.165. The third-order valence-corrected chi connectivity index (χ3v) is 6.61. The summed E-state index contributed by atoms with van der Waals surface area (Å²) in [7, 11) is 1.53. The summed E-state index contributed by atoms with van der Waals surface area (Å²) in [5.74, 6) is 0.137. The third kappa shape index (κ3) is 4.05. The van der Waals surface area contributed by atoms with E-state index in [0.717, 1.165) is 28.8 Å². The topological polar surface area (TPSA) is 85.2 Å². The second-order valence-corrected chi connectivity index (χ2v) is 8.73. The van der Waals surface area contributed by atoms with Crippen LogP contribution in [0, 0.1) is 6.92 Å². The van der Waals surface area contributed by atoms with Gasteiger partial charge in [0.15, 0.2) is 0 Å². The molecule has 0 unspecified atom stereocenters. The van der Waals surface area contributed by atoms with Gasteiger partial charge in [-0.25, -0.2) is 0 Å². The van der Waals surface area contributed by atoms with Crippen LogP contribution in [0.4, 0.5) is 11.4 Å². The second kappa shape index (κ2) is 8.47. The summed E-state index contributed by atoms with van der Waals surface area (Å²) in [6, 6.07) is 7.49. The fourth-order valence-corrected chi connectivity index (χ4v) is 5.14. The van der Waals surface area contributed by atoms with E-state index in [1.54, 1.807) is 18.2 Å². The molecule has 1 aromatic carbocycles. The number of carbonyl (C=O) groups excluding carboxylic acids is 2. The van der Waals surface area contributed by atoms with Crippen molar-refractivity contribution in [2.75, 3.05) is 17.7 Å². The fourth-order valence-electron chi connectivity index (χ4n) is 4.02. The van der Waals surface area contributed by atoms with E-state index < -0.39 is 0 Å². The van der Waals surface area contributed by atoms with Gasteiger partial charge in [0.2, 0.25) is 5.91 Å². The van der Waals surface area contributed by atoms with Crippen LogP contribution in [0.25, 0.3) is 10.2 Å². The SMILES string of the molecule is COc1cc(NC(C)=O)ccc1NC(=O)c1cc2c(C)nn(C3CCCCC3)c2s1. The number of hydrogen-bond donors (Lipinski definition) is 2. The summed E-state index contributed by atoms with van der Waals surface area (Å²) < 4.78 is 7.52. The highest BCUT2D eigenvalue weighted by Crippen LogP contribution is 2.36. The number of anilines is 2. The Morgan fingerprint density at radius 2 is 1.93 bits per heavy atom. The number of rotatable bonds is 5. The predicted molar refractivity (Wildman–Crippen MR) is 120 cm³/mol. The molecule has 3 aromatic rings. The fraction of sp³-hybridized carbons (Fsp3) is 0.409. The lowest BCUT2D eigenvalue weighted by Crippen LogP contribution is -2.14. The number of thiophene rings is 1. The molecule has 1 aliphatic rings. The molecule has 2 N–H and O–H groups in total. The monoisotopic (exact) mass is 426 g/mol. The number of amides is 2. The Bertz CT molecular complexity index is 1100. The molecular formula is C22H26N4O3S. The summed E-state index contributed by atoms with van der Waals surface area (Å²) in [6.45, 7) is 3.44. The van der Waals surface area contributed by atoms with Crippen molar-refractivity contribution < 1.29 is 14.3 Å². The van der Waals surface area contributed by atoms with Crippen LogP contribution in [0.1, 0.15) is 60.4 Å². The van der Waals surface area contributed by atoms with Crippen LogP contribution in [0.15, 0.2) is 24.3 Å². The van der Waals surface area contributed by atoms with Crippen molar-refractivity contribution in [1.82, 2.24) is 9.78 Å². The zero-order chi connectivity index (χ0) is 21.3. The van der Waals surface area contributed by atoms with Gasteiger partial charge >= 0.3 is 0 Å².